The third-order valence-corrected chi connectivity index (χ3v) is 2.15. The van der Waals surface area contributed by atoms with E-state index in [9.17, 15) is 9.59 Å². The van der Waals surface area contributed by atoms with Gasteiger partial charge in [0.05, 0.1) is 20.1 Å². The van der Waals surface area contributed by atoms with E-state index in [-0.39, 0.29) is 23.9 Å². The van der Waals surface area contributed by atoms with Gasteiger partial charge >= 0.3 is 11.9 Å². The smallest absolute Gasteiger partial charge is 0.322 e. The summed E-state index contributed by atoms with van der Waals surface area (Å²) in [7, 11) is 2.67. The summed E-state index contributed by atoms with van der Waals surface area (Å²) in [5, 5.41) is 2.90. The van der Waals surface area contributed by atoms with E-state index in [2.05, 4.69) is 14.8 Å². The fourth-order valence-electron chi connectivity index (χ4n) is 1.40. The third kappa shape index (κ3) is 2.18. The Morgan fingerprint density at radius 1 is 1.23 bits per heavy atom. The maximum absolute atomic E-state index is 11.1. The number of ether oxygens (including phenoxy) is 2. The van der Waals surface area contributed by atoms with Crippen molar-refractivity contribution in [2.24, 2.45) is 5.92 Å². The molecular weight excluding hydrogens is 174 g/mol. The van der Waals surface area contributed by atoms with E-state index in [1.54, 1.807) is 0 Å². The molecule has 1 aliphatic heterocycles. The van der Waals surface area contributed by atoms with Gasteiger partial charge in [0.15, 0.2) is 0 Å². The predicted molar refractivity (Wildman–Crippen MR) is 43.9 cm³/mol. The first kappa shape index (κ1) is 9.98. The number of carbonyl (C=O) groups excluding carboxylic acids is 2. The lowest BCUT2D eigenvalue weighted by atomic mass is 10.1. The van der Waals surface area contributed by atoms with Gasteiger partial charge in [-0.3, -0.25) is 9.59 Å². The van der Waals surface area contributed by atoms with E-state index < -0.39 is 0 Å². The maximum Gasteiger partial charge on any atom is 0.322 e. The second-order valence-corrected chi connectivity index (χ2v) is 2.94. The number of hydrogen-bond acceptors (Lipinski definition) is 5. The van der Waals surface area contributed by atoms with Gasteiger partial charge in [-0.25, -0.2) is 0 Å². The summed E-state index contributed by atoms with van der Waals surface area (Å²) in [6.45, 7) is 0.479. The van der Waals surface area contributed by atoms with E-state index >= 15 is 0 Å². The van der Waals surface area contributed by atoms with Crippen molar-refractivity contribution in [3.05, 3.63) is 0 Å². The normalized spacial score (nSPS) is 26.9. The molecule has 1 N–H and O–H groups in total. The standard InChI is InChI=1S/C8H13NO4/c1-12-7(10)5-3-6(9-4-5)8(11)13-2/h5-6,9H,3-4H2,1-2H3/t5?,6-/m1/s1. The van der Waals surface area contributed by atoms with Crippen LogP contribution in [0.3, 0.4) is 0 Å². The lowest BCUT2D eigenvalue weighted by Crippen LogP contribution is -2.31. The van der Waals surface area contributed by atoms with Crippen molar-refractivity contribution >= 4 is 11.9 Å². The topological polar surface area (TPSA) is 64.6 Å². The van der Waals surface area contributed by atoms with Crippen LogP contribution in [0.4, 0.5) is 0 Å². The first-order chi connectivity index (χ1) is 6.19. The van der Waals surface area contributed by atoms with Crippen LogP contribution < -0.4 is 5.32 Å². The molecule has 2 atom stereocenters. The molecule has 0 spiro atoms. The molecule has 0 aromatic rings. The molecule has 0 amide bonds. The molecule has 0 bridgehead atoms. The monoisotopic (exact) mass is 187 g/mol. The van der Waals surface area contributed by atoms with Crippen molar-refractivity contribution in [3.63, 3.8) is 0 Å². The minimum Gasteiger partial charge on any atom is -0.469 e. The highest BCUT2D eigenvalue weighted by atomic mass is 16.5. The van der Waals surface area contributed by atoms with Crippen molar-refractivity contribution in [2.45, 2.75) is 12.5 Å². The van der Waals surface area contributed by atoms with Crippen LogP contribution in [0.5, 0.6) is 0 Å². The molecule has 74 valence electrons. The first-order valence-corrected chi connectivity index (χ1v) is 4.08. The zero-order valence-electron chi connectivity index (χ0n) is 7.70. The average Bonchev–Trinajstić information content (AvgIpc) is 2.64. The molecule has 1 aliphatic rings. The molecule has 1 rings (SSSR count). The van der Waals surface area contributed by atoms with Crippen LogP contribution in [0.15, 0.2) is 0 Å². The Hall–Kier alpha value is -1.10. The average molecular weight is 187 g/mol. The molecule has 5 heteroatoms. The lowest BCUT2D eigenvalue weighted by molar-refractivity contribution is -0.145. The maximum atomic E-state index is 11.1. The second kappa shape index (κ2) is 4.23. The Kier molecular flexibility index (Phi) is 3.25. The molecule has 0 aliphatic carbocycles. The van der Waals surface area contributed by atoms with Gasteiger partial charge in [-0.2, -0.15) is 0 Å². The van der Waals surface area contributed by atoms with Crippen molar-refractivity contribution < 1.29 is 19.1 Å². The van der Waals surface area contributed by atoms with Gasteiger partial charge in [-0.05, 0) is 6.42 Å². The van der Waals surface area contributed by atoms with Gasteiger partial charge in [0.25, 0.3) is 0 Å². The first-order valence-electron chi connectivity index (χ1n) is 4.08. The van der Waals surface area contributed by atoms with Crippen molar-refractivity contribution in [2.75, 3.05) is 20.8 Å². The summed E-state index contributed by atoms with van der Waals surface area (Å²) < 4.78 is 9.11. The summed E-state index contributed by atoms with van der Waals surface area (Å²) in [5.41, 5.74) is 0. The highest BCUT2D eigenvalue weighted by Crippen LogP contribution is 2.15. The van der Waals surface area contributed by atoms with Crippen molar-refractivity contribution in [3.8, 4) is 0 Å². The van der Waals surface area contributed by atoms with E-state index in [1.807, 2.05) is 0 Å². The highest BCUT2D eigenvalue weighted by Gasteiger charge is 2.34. The third-order valence-electron chi connectivity index (χ3n) is 2.15. The number of rotatable bonds is 2. The minimum atomic E-state index is -0.367. The van der Waals surface area contributed by atoms with Gasteiger partial charge in [0, 0.05) is 6.54 Å². The zero-order valence-corrected chi connectivity index (χ0v) is 7.70. The Bertz CT molecular complexity index is 194. The van der Waals surface area contributed by atoms with Crippen molar-refractivity contribution in [1.29, 1.82) is 0 Å². The van der Waals surface area contributed by atoms with Crippen LogP contribution in [0.2, 0.25) is 0 Å². The summed E-state index contributed by atoms with van der Waals surface area (Å²) >= 11 is 0. The Morgan fingerprint density at radius 3 is 2.38 bits per heavy atom. The SMILES string of the molecule is COC(=O)C1CN[C@@H](C(=O)OC)C1. The molecule has 1 heterocycles. The van der Waals surface area contributed by atoms with E-state index in [1.165, 1.54) is 14.2 Å². The zero-order chi connectivity index (χ0) is 9.84. The van der Waals surface area contributed by atoms with Crippen LogP contribution >= 0.6 is 0 Å². The molecule has 13 heavy (non-hydrogen) atoms. The van der Waals surface area contributed by atoms with Gasteiger partial charge in [-0.15, -0.1) is 0 Å². The molecule has 0 radical (unpaired) electrons. The molecule has 0 aromatic heterocycles. The highest BCUT2D eigenvalue weighted by molar-refractivity contribution is 5.79. The largest absolute Gasteiger partial charge is 0.469 e. The molecule has 0 aromatic carbocycles. The Labute approximate surface area is 76.4 Å². The van der Waals surface area contributed by atoms with Crippen LogP contribution in [-0.4, -0.2) is 38.7 Å². The molecule has 5 nitrogen and oxygen atoms in total. The van der Waals surface area contributed by atoms with Gasteiger partial charge < -0.3 is 14.8 Å². The number of nitrogens with one attached hydrogen (secondary N) is 1. The predicted octanol–water partition coefficient (Wildman–Crippen LogP) is -0.690. The Morgan fingerprint density at radius 2 is 1.85 bits per heavy atom. The van der Waals surface area contributed by atoms with Crippen LogP contribution in [0.1, 0.15) is 6.42 Å². The van der Waals surface area contributed by atoms with Gasteiger partial charge in [0.1, 0.15) is 6.04 Å². The van der Waals surface area contributed by atoms with E-state index in [0.29, 0.717) is 13.0 Å². The fraction of sp³-hybridized carbons (Fsp3) is 0.750. The van der Waals surface area contributed by atoms with Crippen LogP contribution in [0, 0.1) is 5.92 Å². The summed E-state index contributed by atoms with van der Waals surface area (Å²) in [6.07, 6.45) is 0.458. The number of hydrogen-bond donors (Lipinski definition) is 1. The number of methoxy groups -OCH3 is 2. The van der Waals surface area contributed by atoms with Crippen molar-refractivity contribution in [1.82, 2.24) is 5.32 Å². The summed E-state index contributed by atoms with van der Waals surface area (Å²) in [4.78, 5) is 22.1. The quantitative estimate of drug-likeness (QED) is 0.580. The van der Waals surface area contributed by atoms with E-state index in [4.69, 9.17) is 0 Å². The van der Waals surface area contributed by atoms with E-state index in [0.717, 1.165) is 0 Å². The summed E-state index contributed by atoms with van der Waals surface area (Å²) in [6, 6.07) is -0.367. The molecule has 1 saturated heterocycles. The number of esters is 2. The fourth-order valence-corrected chi connectivity index (χ4v) is 1.40. The van der Waals surface area contributed by atoms with Crippen LogP contribution in [0.25, 0.3) is 0 Å². The summed E-state index contributed by atoms with van der Waals surface area (Å²) in [5.74, 6) is -0.834. The molecule has 0 saturated carbocycles. The molecule has 1 unspecified atom stereocenters. The van der Waals surface area contributed by atoms with Crippen LogP contribution in [-0.2, 0) is 19.1 Å². The minimum absolute atomic E-state index is 0.228. The molecule has 1 fully saturated rings. The second-order valence-electron chi connectivity index (χ2n) is 2.94. The number of carbonyl (C=O) groups is 2. The molecular formula is C8H13NO4. The lowest BCUT2D eigenvalue weighted by Gasteiger charge is -2.06. The van der Waals surface area contributed by atoms with Gasteiger partial charge in [0.2, 0.25) is 0 Å². The van der Waals surface area contributed by atoms with Gasteiger partial charge in [-0.1, -0.05) is 0 Å². The Balaban J connectivity index is 2.44.